The molecule has 0 radical (unpaired) electrons. The maximum Gasteiger partial charge on any atom is 0.136 e. The van der Waals surface area contributed by atoms with Gasteiger partial charge in [-0.05, 0) is 35.0 Å². The lowest BCUT2D eigenvalue weighted by Gasteiger charge is -2.00. The molecule has 0 aliphatic heterocycles. The van der Waals surface area contributed by atoms with Crippen molar-refractivity contribution in [2.24, 2.45) is 0 Å². The molecule has 4 rings (SSSR count). The number of furan rings is 1. The lowest BCUT2D eigenvalue weighted by atomic mass is 10.1. The van der Waals surface area contributed by atoms with Gasteiger partial charge in [0, 0.05) is 22.0 Å². The summed E-state index contributed by atoms with van der Waals surface area (Å²) in [5.41, 5.74) is 1.90. The summed E-state index contributed by atoms with van der Waals surface area (Å²) in [5, 5.41) is 4.20. The Morgan fingerprint density at radius 3 is 2.40 bits per heavy atom. The minimum Gasteiger partial charge on any atom is -0.456 e. The van der Waals surface area contributed by atoms with E-state index in [0.29, 0.717) is 5.02 Å². The number of fused-ring (bicyclic) bond motifs is 2. The Kier molecular flexibility index (Phi) is 2.54. The van der Waals surface area contributed by atoms with Gasteiger partial charge in [0.05, 0.1) is 0 Å². The molecule has 0 aliphatic carbocycles. The summed E-state index contributed by atoms with van der Waals surface area (Å²) in [6.07, 6.45) is 0. The van der Waals surface area contributed by atoms with Crippen LogP contribution in [0, 0.1) is 0 Å². The van der Waals surface area contributed by atoms with Crippen LogP contribution in [0.25, 0.3) is 33.1 Å². The van der Waals surface area contributed by atoms with Crippen LogP contribution in [-0.4, -0.2) is 0 Å². The van der Waals surface area contributed by atoms with Crippen LogP contribution >= 0.6 is 11.6 Å². The van der Waals surface area contributed by atoms with E-state index in [1.807, 2.05) is 30.3 Å². The first-order chi connectivity index (χ1) is 9.79. The van der Waals surface area contributed by atoms with Gasteiger partial charge >= 0.3 is 0 Å². The summed E-state index contributed by atoms with van der Waals surface area (Å²) >= 11 is 5.99. The van der Waals surface area contributed by atoms with E-state index < -0.39 is 0 Å². The predicted octanol–water partition coefficient (Wildman–Crippen LogP) is 5.91. The molecule has 20 heavy (non-hydrogen) atoms. The van der Waals surface area contributed by atoms with E-state index in [4.69, 9.17) is 16.0 Å². The van der Waals surface area contributed by atoms with Crippen LogP contribution in [0.2, 0.25) is 5.02 Å². The van der Waals surface area contributed by atoms with Crippen molar-refractivity contribution in [3.8, 4) is 11.3 Å². The lowest BCUT2D eigenvalue weighted by Crippen LogP contribution is -1.75. The van der Waals surface area contributed by atoms with E-state index in [-0.39, 0.29) is 0 Å². The maximum atomic E-state index is 5.99. The van der Waals surface area contributed by atoms with E-state index in [9.17, 15) is 0 Å². The van der Waals surface area contributed by atoms with Crippen LogP contribution in [0.1, 0.15) is 0 Å². The molecule has 0 aliphatic rings. The molecule has 0 fully saturated rings. The Morgan fingerprint density at radius 1 is 0.700 bits per heavy atom. The largest absolute Gasteiger partial charge is 0.456 e. The number of hydrogen-bond acceptors (Lipinski definition) is 1. The van der Waals surface area contributed by atoms with Gasteiger partial charge in [0.25, 0.3) is 0 Å². The Bertz CT molecular complexity index is 921. The molecule has 96 valence electrons. The molecule has 1 aromatic heterocycles. The van der Waals surface area contributed by atoms with Crippen LogP contribution in [0.3, 0.4) is 0 Å². The van der Waals surface area contributed by atoms with Crippen LogP contribution < -0.4 is 0 Å². The molecule has 0 spiro atoms. The minimum absolute atomic E-state index is 0.692. The highest BCUT2D eigenvalue weighted by molar-refractivity contribution is 6.31. The van der Waals surface area contributed by atoms with E-state index >= 15 is 0 Å². The first-order valence-corrected chi connectivity index (χ1v) is 6.86. The van der Waals surface area contributed by atoms with E-state index in [0.717, 1.165) is 22.3 Å². The molecule has 4 aromatic rings. The number of rotatable bonds is 1. The van der Waals surface area contributed by atoms with Crippen molar-refractivity contribution in [1.82, 2.24) is 0 Å². The highest BCUT2D eigenvalue weighted by Gasteiger charge is 2.07. The van der Waals surface area contributed by atoms with Crippen molar-refractivity contribution in [2.75, 3.05) is 0 Å². The van der Waals surface area contributed by atoms with Gasteiger partial charge in [0.2, 0.25) is 0 Å². The third-order valence-corrected chi connectivity index (χ3v) is 3.75. The fourth-order valence-corrected chi connectivity index (χ4v) is 2.65. The Balaban J connectivity index is 1.91. The number of halogens is 1. The second kappa shape index (κ2) is 4.39. The van der Waals surface area contributed by atoms with Gasteiger partial charge in [-0.3, -0.25) is 0 Å². The third-order valence-electron chi connectivity index (χ3n) is 3.52. The molecule has 0 saturated carbocycles. The fourth-order valence-electron chi connectivity index (χ4n) is 2.49. The van der Waals surface area contributed by atoms with Crippen molar-refractivity contribution in [1.29, 1.82) is 0 Å². The van der Waals surface area contributed by atoms with Crippen molar-refractivity contribution in [3.63, 3.8) is 0 Å². The van der Waals surface area contributed by atoms with Gasteiger partial charge in [-0.25, -0.2) is 0 Å². The summed E-state index contributed by atoms with van der Waals surface area (Å²) in [7, 11) is 0. The molecule has 0 atom stereocenters. The predicted molar refractivity (Wildman–Crippen MR) is 84.2 cm³/mol. The Morgan fingerprint density at radius 2 is 1.50 bits per heavy atom. The van der Waals surface area contributed by atoms with Crippen molar-refractivity contribution < 1.29 is 4.42 Å². The smallest absolute Gasteiger partial charge is 0.136 e. The summed E-state index contributed by atoms with van der Waals surface area (Å²) in [6.45, 7) is 0. The molecule has 0 saturated heterocycles. The molecule has 0 bridgehead atoms. The summed E-state index contributed by atoms with van der Waals surface area (Å²) in [6, 6.07) is 22.4. The van der Waals surface area contributed by atoms with E-state index in [2.05, 4.69) is 36.4 Å². The zero-order valence-electron chi connectivity index (χ0n) is 10.6. The standard InChI is InChI=1S/C18H11ClO/c19-16-8-7-15-10-17(20-18(15)11-16)14-6-5-12-3-1-2-4-13(12)9-14/h1-11H. The molecule has 1 heterocycles. The van der Waals surface area contributed by atoms with Gasteiger partial charge in [-0.2, -0.15) is 0 Å². The molecule has 2 heteroatoms. The zero-order valence-corrected chi connectivity index (χ0v) is 11.4. The minimum atomic E-state index is 0.692. The van der Waals surface area contributed by atoms with Crippen LogP contribution in [0.4, 0.5) is 0 Å². The molecule has 0 amide bonds. The first kappa shape index (κ1) is 11.6. The van der Waals surface area contributed by atoms with Crippen LogP contribution in [0.15, 0.2) is 71.1 Å². The number of benzene rings is 3. The highest BCUT2D eigenvalue weighted by Crippen LogP contribution is 2.31. The average molecular weight is 279 g/mol. The molecule has 3 aromatic carbocycles. The second-order valence-corrected chi connectivity index (χ2v) is 5.29. The fraction of sp³-hybridized carbons (Fsp3) is 0. The summed E-state index contributed by atoms with van der Waals surface area (Å²) in [5.74, 6) is 0.869. The van der Waals surface area contributed by atoms with Crippen LogP contribution in [0.5, 0.6) is 0 Å². The summed E-state index contributed by atoms with van der Waals surface area (Å²) < 4.78 is 5.90. The van der Waals surface area contributed by atoms with Crippen molar-refractivity contribution in [3.05, 3.63) is 71.8 Å². The van der Waals surface area contributed by atoms with E-state index in [1.54, 1.807) is 0 Å². The summed E-state index contributed by atoms with van der Waals surface area (Å²) in [4.78, 5) is 0. The van der Waals surface area contributed by atoms with E-state index in [1.165, 1.54) is 10.8 Å². The lowest BCUT2D eigenvalue weighted by molar-refractivity contribution is 0.632. The third kappa shape index (κ3) is 1.87. The van der Waals surface area contributed by atoms with Gasteiger partial charge in [-0.1, -0.05) is 48.0 Å². The monoisotopic (exact) mass is 278 g/mol. The van der Waals surface area contributed by atoms with Gasteiger partial charge in [0.1, 0.15) is 11.3 Å². The van der Waals surface area contributed by atoms with Gasteiger partial charge in [0.15, 0.2) is 0 Å². The SMILES string of the molecule is Clc1ccc2cc(-c3ccc4ccccc4c3)oc2c1. The number of hydrogen-bond donors (Lipinski definition) is 0. The molecule has 0 N–H and O–H groups in total. The maximum absolute atomic E-state index is 5.99. The quantitative estimate of drug-likeness (QED) is 0.422. The highest BCUT2D eigenvalue weighted by atomic mass is 35.5. The molecular weight excluding hydrogens is 268 g/mol. The first-order valence-electron chi connectivity index (χ1n) is 6.48. The van der Waals surface area contributed by atoms with Gasteiger partial charge in [-0.15, -0.1) is 0 Å². The normalized spacial score (nSPS) is 11.2. The molecule has 1 nitrogen and oxygen atoms in total. The zero-order chi connectivity index (χ0) is 13.5. The van der Waals surface area contributed by atoms with Crippen LogP contribution in [-0.2, 0) is 0 Å². The van der Waals surface area contributed by atoms with Gasteiger partial charge < -0.3 is 4.42 Å². The molecular formula is C18H11ClO. The Labute approximate surface area is 121 Å². The van der Waals surface area contributed by atoms with Crippen molar-refractivity contribution in [2.45, 2.75) is 0 Å². The Hall–Kier alpha value is -2.25. The topological polar surface area (TPSA) is 13.1 Å². The molecule has 0 unspecified atom stereocenters. The van der Waals surface area contributed by atoms with Crippen molar-refractivity contribution >= 4 is 33.3 Å². The second-order valence-electron chi connectivity index (χ2n) is 4.85. The average Bonchev–Trinajstić information content (AvgIpc) is 2.89.